The monoisotopic (exact) mass is 450 g/mol. The van der Waals surface area contributed by atoms with E-state index >= 15 is 0 Å². The molecule has 0 aromatic carbocycles. The fraction of sp³-hybridized carbons (Fsp3) is 0.524. The number of amides is 1. The Balaban J connectivity index is 1.40. The normalized spacial score (nSPS) is 22.8. The molecular weight excluding hydrogens is 425 g/mol. The second-order valence-corrected chi connectivity index (χ2v) is 8.55. The van der Waals surface area contributed by atoms with Crippen LogP contribution in [0.2, 0.25) is 0 Å². The number of nitrogens with zero attached hydrogens (tertiary/aromatic N) is 4. The molecule has 0 radical (unpaired) electrons. The van der Waals surface area contributed by atoms with Gasteiger partial charge in [-0.05, 0) is 18.9 Å². The summed E-state index contributed by atoms with van der Waals surface area (Å²) in [7, 11) is 1.84. The van der Waals surface area contributed by atoms with Gasteiger partial charge in [0.25, 0.3) is 0 Å². The number of alkyl halides is 3. The number of aromatic nitrogens is 3. The van der Waals surface area contributed by atoms with Gasteiger partial charge in [0.15, 0.2) is 5.82 Å². The summed E-state index contributed by atoms with van der Waals surface area (Å²) < 4.78 is 44.1. The number of aryl methyl sites for hydroxylation is 1. The number of hydrogen-bond donors (Lipinski definition) is 2. The third-order valence-electron chi connectivity index (χ3n) is 5.72. The van der Waals surface area contributed by atoms with Crippen LogP contribution in [0.4, 0.5) is 30.6 Å². The molecule has 1 amide bonds. The summed E-state index contributed by atoms with van der Waals surface area (Å²) in [4.78, 5) is 26.7. The number of carbonyl (C=O) groups is 1. The van der Waals surface area contributed by atoms with Crippen LogP contribution in [0.5, 0.6) is 5.75 Å². The summed E-state index contributed by atoms with van der Waals surface area (Å²) in [5, 5.41) is 6.17. The molecule has 1 fully saturated rings. The molecule has 0 saturated heterocycles. The molecular formula is C21H25F3N6O2. The van der Waals surface area contributed by atoms with Gasteiger partial charge in [0.1, 0.15) is 29.3 Å². The molecule has 3 heterocycles. The highest BCUT2D eigenvalue weighted by atomic mass is 19.4. The summed E-state index contributed by atoms with van der Waals surface area (Å²) in [5.41, 5.74) is 0.286. The Labute approximate surface area is 183 Å². The quantitative estimate of drug-likeness (QED) is 0.719. The zero-order valence-electron chi connectivity index (χ0n) is 18.2. The first-order chi connectivity index (χ1) is 15.0. The number of nitrogens with one attached hydrogen (secondary N) is 2. The van der Waals surface area contributed by atoms with Crippen molar-refractivity contribution >= 4 is 23.4 Å². The minimum Gasteiger partial charge on any atom is -0.490 e. The van der Waals surface area contributed by atoms with Crippen LogP contribution in [0, 0.1) is 12.8 Å². The average Bonchev–Trinajstić information content (AvgIpc) is 2.66. The van der Waals surface area contributed by atoms with Crippen molar-refractivity contribution in [1.82, 2.24) is 15.0 Å². The predicted octanol–water partition coefficient (Wildman–Crippen LogP) is 3.63. The Morgan fingerprint density at radius 1 is 1.28 bits per heavy atom. The molecule has 0 spiro atoms. The van der Waals surface area contributed by atoms with Gasteiger partial charge in [-0.2, -0.15) is 18.2 Å². The maximum absolute atomic E-state index is 12.8. The SMILES string of the molecule is Cc1nc(NC2CC(Oc3ccnc(C(F)(F)F)c3)C2)nc2c1NC(=O)C(C(C)C)N2C. The van der Waals surface area contributed by atoms with Crippen molar-refractivity contribution in [2.24, 2.45) is 5.92 Å². The minimum absolute atomic E-state index is 0.0331. The van der Waals surface area contributed by atoms with Gasteiger partial charge in [-0.15, -0.1) is 0 Å². The highest BCUT2D eigenvalue weighted by Crippen LogP contribution is 2.36. The molecule has 8 nitrogen and oxygen atoms in total. The molecule has 4 rings (SSSR count). The lowest BCUT2D eigenvalue weighted by Crippen LogP contribution is -2.50. The standard InChI is InChI=1S/C21H25F3N6O2/c1-10(2)17-19(31)28-16-11(3)26-20(29-18(16)30(17)4)27-12-7-14(8-12)32-13-5-6-25-15(9-13)21(22,23)24/h5-6,9-10,12,14,17H,7-8H2,1-4H3,(H,28,31)(H,26,27,29). The van der Waals surface area contributed by atoms with Crippen molar-refractivity contribution < 1.29 is 22.7 Å². The lowest BCUT2D eigenvalue weighted by atomic mass is 9.89. The smallest absolute Gasteiger partial charge is 0.433 e. The van der Waals surface area contributed by atoms with Gasteiger partial charge in [-0.3, -0.25) is 9.78 Å². The van der Waals surface area contributed by atoms with Gasteiger partial charge in [0, 0.05) is 38.2 Å². The molecule has 1 aliphatic heterocycles. The summed E-state index contributed by atoms with van der Waals surface area (Å²) in [6, 6.07) is 2.03. The molecule has 1 unspecified atom stereocenters. The zero-order valence-corrected chi connectivity index (χ0v) is 18.2. The maximum Gasteiger partial charge on any atom is 0.433 e. The summed E-state index contributed by atoms with van der Waals surface area (Å²) in [5.74, 6) is 1.27. The first kappa shape index (κ1) is 22.1. The lowest BCUT2D eigenvalue weighted by Gasteiger charge is -2.38. The molecule has 1 aliphatic carbocycles. The Bertz CT molecular complexity index is 1020. The number of pyridine rings is 1. The number of anilines is 3. The molecule has 2 N–H and O–H groups in total. The fourth-order valence-electron chi connectivity index (χ4n) is 4.07. The molecule has 0 bridgehead atoms. The molecule has 1 saturated carbocycles. The van der Waals surface area contributed by atoms with Gasteiger partial charge >= 0.3 is 6.18 Å². The second kappa shape index (κ2) is 8.10. The Kier molecular flexibility index (Phi) is 5.59. The van der Waals surface area contributed by atoms with E-state index in [2.05, 4.69) is 25.6 Å². The Morgan fingerprint density at radius 3 is 2.66 bits per heavy atom. The van der Waals surface area contributed by atoms with Crippen molar-refractivity contribution in [3.8, 4) is 5.75 Å². The van der Waals surface area contributed by atoms with E-state index in [9.17, 15) is 18.0 Å². The van der Waals surface area contributed by atoms with E-state index in [1.54, 1.807) is 0 Å². The van der Waals surface area contributed by atoms with Crippen LogP contribution in [-0.4, -0.2) is 46.1 Å². The molecule has 2 aliphatic rings. The second-order valence-electron chi connectivity index (χ2n) is 8.55. The van der Waals surface area contributed by atoms with E-state index < -0.39 is 11.9 Å². The van der Waals surface area contributed by atoms with Gasteiger partial charge < -0.3 is 20.3 Å². The first-order valence-electron chi connectivity index (χ1n) is 10.4. The van der Waals surface area contributed by atoms with Crippen molar-refractivity contribution in [3.05, 3.63) is 29.7 Å². The maximum atomic E-state index is 12.8. The van der Waals surface area contributed by atoms with E-state index in [1.807, 2.05) is 32.7 Å². The predicted molar refractivity (Wildman–Crippen MR) is 113 cm³/mol. The van der Waals surface area contributed by atoms with Crippen LogP contribution in [0.25, 0.3) is 0 Å². The van der Waals surface area contributed by atoms with E-state index in [0.717, 1.165) is 12.3 Å². The van der Waals surface area contributed by atoms with Gasteiger partial charge in [0.05, 0.1) is 5.69 Å². The van der Waals surface area contributed by atoms with Crippen LogP contribution >= 0.6 is 0 Å². The summed E-state index contributed by atoms with van der Waals surface area (Å²) in [6.07, 6.45) is -2.42. The van der Waals surface area contributed by atoms with Crippen molar-refractivity contribution in [2.45, 2.75) is 58.0 Å². The topological polar surface area (TPSA) is 92.3 Å². The van der Waals surface area contributed by atoms with Crippen LogP contribution in [0.1, 0.15) is 38.1 Å². The van der Waals surface area contributed by atoms with Crippen molar-refractivity contribution in [2.75, 3.05) is 22.6 Å². The molecule has 2 aromatic heterocycles. The molecule has 172 valence electrons. The van der Waals surface area contributed by atoms with Crippen molar-refractivity contribution in [1.29, 1.82) is 0 Å². The zero-order chi connectivity index (χ0) is 23.2. The van der Waals surface area contributed by atoms with E-state index in [-0.39, 0.29) is 35.8 Å². The number of likely N-dealkylation sites (N-methyl/N-ethyl adjacent to an activating group) is 1. The van der Waals surface area contributed by atoms with Crippen LogP contribution in [0.15, 0.2) is 18.3 Å². The number of halogens is 3. The highest BCUT2D eigenvalue weighted by molar-refractivity contribution is 6.03. The number of fused-ring (bicyclic) bond motifs is 1. The van der Waals surface area contributed by atoms with E-state index in [4.69, 9.17) is 4.74 Å². The largest absolute Gasteiger partial charge is 0.490 e. The lowest BCUT2D eigenvalue weighted by molar-refractivity contribution is -0.141. The minimum atomic E-state index is -4.51. The first-order valence-corrected chi connectivity index (χ1v) is 10.4. The number of ether oxygens (including phenoxy) is 1. The molecule has 2 aromatic rings. The van der Waals surface area contributed by atoms with Crippen LogP contribution < -0.4 is 20.3 Å². The van der Waals surface area contributed by atoms with E-state index in [0.29, 0.717) is 36.0 Å². The molecule has 1 atom stereocenters. The third-order valence-corrected chi connectivity index (χ3v) is 5.72. The summed E-state index contributed by atoms with van der Waals surface area (Å²) in [6.45, 7) is 5.77. The molecule has 32 heavy (non-hydrogen) atoms. The highest BCUT2D eigenvalue weighted by Gasteiger charge is 2.37. The fourth-order valence-corrected chi connectivity index (χ4v) is 4.07. The average molecular weight is 450 g/mol. The molecule has 11 heteroatoms. The number of hydrogen-bond acceptors (Lipinski definition) is 7. The summed E-state index contributed by atoms with van der Waals surface area (Å²) >= 11 is 0. The number of carbonyl (C=O) groups excluding carboxylic acids is 1. The number of rotatable bonds is 5. The van der Waals surface area contributed by atoms with Crippen LogP contribution in [0.3, 0.4) is 0 Å². The van der Waals surface area contributed by atoms with Gasteiger partial charge in [-0.1, -0.05) is 13.8 Å². The van der Waals surface area contributed by atoms with Crippen molar-refractivity contribution in [3.63, 3.8) is 0 Å². The Morgan fingerprint density at radius 2 is 2.00 bits per heavy atom. The third kappa shape index (κ3) is 4.28. The van der Waals surface area contributed by atoms with E-state index in [1.165, 1.54) is 6.07 Å². The van der Waals surface area contributed by atoms with Gasteiger partial charge in [0.2, 0.25) is 11.9 Å². The van der Waals surface area contributed by atoms with Crippen LogP contribution in [-0.2, 0) is 11.0 Å². The Hall–Kier alpha value is -3.11. The van der Waals surface area contributed by atoms with Gasteiger partial charge in [-0.25, -0.2) is 4.98 Å².